The Morgan fingerprint density at radius 3 is 1.29 bits per heavy atom. The van der Waals surface area contributed by atoms with Gasteiger partial charge in [0.1, 0.15) is 0 Å². The molecule has 0 aliphatic carbocycles. The van der Waals surface area contributed by atoms with Gasteiger partial charge in [-0.2, -0.15) is 0 Å². The van der Waals surface area contributed by atoms with Crippen LogP contribution in [0.25, 0.3) is 0 Å². The van der Waals surface area contributed by atoms with Crippen molar-refractivity contribution < 1.29 is 20.1 Å². The van der Waals surface area contributed by atoms with Crippen molar-refractivity contribution in [2.24, 2.45) is 5.73 Å². The van der Waals surface area contributed by atoms with E-state index in [-0.39, 0.29) is 12.7 Å². The molecule has 0 saturated heterocycles. The van der Waals surface area contributed by atoms with Crippen LogP contribution in [0.1, 0.15) is 168 Å². The molecular formula is C30H65NO4. The molecule has 0 fully saturated rings. The summed E-state index contributed by atoms with van der Waals surface area (Å²) in [4.78, 5) is 10.3. The molecule has 0 aromatic carbocycles. The van der Waals surface area contributed by atoms with E-state index in [0.29, 0.717) is 6.42 Å². The molecule has 0 amide bonds. The normalized spacial score (nSPS) is 11.3. The van der Waals surface area contributed by atoms with Crippen LogP contribution in [0.2, 0.25) is 0 Å². The fraction of sp³-hybridized carbons (Fsp3) is 0.967. The lowest BCUT2D eigenvalue weighted by Crippen LogP contribution is -2.05. The van der Waals surface area contributed by atoms with Crippen molar-refractivity contribution in [1.82, 2.24) is 0 Å². The molecule has 1 atom stereocenters. The summed E-state index contributed by atoms with van der Waals surface area (Å²) in [5, 5.41) is 25.9. The lowest BCUT2D eigenvalue weighted by molar-refractivity contribution is -0.137. The average Bonchev–Trinajstić information content (AvgIpc) is 2.83. The van der Waals surface area contributed by atoms with Gasteiger partial charge in [0.15, 0.2) is 0 Å². The number of rotatable bonds is 24. The second-order valence-electron chi connectivity index (χ2n) is 9.84. The number of unbranched alkanes of at least 4 members (excludes halogenated alkanes) is 17. The Hall–Kier alpha value is -0.650. The summed E-state index contributed by atoms with van der Waals surface area (Å²) in [6.45, 7) is 7.27. The van der Waals surface area contributed by atoms with E-state index in [1.807, 2.05) is 0 Å². The minimum Gasteiger partial charge on any atom is -0.481 e. The highest BCUT2D eigenvalue weighted by Gasteiger charge is 2.03. The first-order valence-electron chi connectivity index (χ1n) is 15.2. The van der Waals surface area contributed by atoms with Crippen LogP contribution in [0.5, 0.6) is 0 Å². The van der Waals surface area contributed by atoms with Crippen LogP contribution in [0.15, 0.2) is 0 Å². The Balaban J connectivity index is -0.000000610. The van der Waals surface area contributed by atoms with Gasteiger partial charge in [0, 0.05) is 13.0 Å². The smallest absolute Gasteiger partial charge is 0.303 e. The fourth-order valence-corrected chi connectivity index (χ4v) is 3.95. The summed E-state index contributed by atoms with van der Waals surface area (Å²) >= 11 is 0. The number of carboxylic acid groups (broad SMARTS) is 1. The monoisotopic (exact) mass is 503 g/mol. The number of aliphatic hydroxyl groups excluding tert-OH is 2. The average molecular weight is 504 g/mol. The Labute approximate surface area is 219 Å². The Bertz CT molecular complexity index is 358. The van der Waals surface area contributed by atoms with Crippen LogP contribution in [0.4, 0.5) is 0 Å². The second kappa shape index (κ2) is 37.9. The maximum Gasteiger partial charge on any atom is 0.303 e. The van der Waals surface area contributed by atoms with E-state index in [4.69, 9.17) is 15.9 Å². The highest BCUT2D eigenvalue weighted by molar-refractivity contribution is 5.66. The van der Waals surface area contributed by atoms with Gasteiger partial charge < -0.3 is 21.1 Å². The summed E-state index contributed by atoms with van der Waals surface area (Å²) in [7, 11) is 0. The van der Waals surface area contributed by atoms with Gasteiger partial charge >= 0.3 is 5.97 Å². The quantitative estimate of drug-likeness (QED) is 0.0990. The van der Waals surface area contributed by atoms with Gasteiger partial charge in [-0.3, -0.25) is 4.79 Å². The van der Waals surface area contributed by atoms with Gasteiger partial charge in [-0.15, -0.1) is 0 Å². The Kier molecular flexibility index (Phi) is 42.1. The maximum absolute atomic E-state index is 10.3. The molecule has 0 aromatic rings. The van der Waals surface area contributed by atoms with E-state index >= 15 is 0 Å². The van der Waals surface area contributed by atoms with Crippen molar-refractivity contribution in [1.29, 1.82) is 0 Å². The summed E-state index contributed by atoms with van der Waals surface area (Å²) in [6.07, 6.45) is 27.2. The molecule has 0 aliphatic heterocycles. The number of hydrogen-bond acceptors (Lipinski definition) is 4. The Morgan fingerprint density at radius 2 is 0.914 bits per heavy atom. The zero-order valence-corrected chi connectivity index (χ0v) is 24.1. The minimum atomic E-state index is -0.678. The van der Waals surface area contributed by atoms with Gasteiger partial charge in [0.25, 0.3) is 0 Å². The first-order chi connectivity index (χ1) is 17.0. The van der Waals surface area contributed by atoms with Crippen LogP contribution in [0.3, 0.4) is 0 Å². The first kappa shape index (κ1) is 38.9. The zero-order chi connectivity index (χ0) is 26.8. The lowest BCUT2D eigenvalue weighted by Gasteiger charge is -2.10. The molecular weight excluding hydrogens is 438 g/mol. The van der Waals surface area contributed by atoms with Crippen molar-refractivity contribution in [2.45, 2.75) is 175 Å². The van der Waals surface area contributed by atoms with Gasteiger partial charge in [0.05, 0.1) is 6.10 Å². The SMILES string of the molecule is CCCCCCC(O)CCCCCCCCCCC(=O)O.CCCCCCCCCCN.CCO. The lowest BCUT2D eigenvalue weighted by atomic mass is 10.0. The number of hydrogen-bond donors (Lipinski definition) is 4. The van der Waals surface area contributed by atoms with E-state index in [9.17, 15) is 9.90 Å². The third kappa shape index (κ3) is 47.2. The molecule has 1 unspecified atom stereocenters. The maximum atomic E-state index is 10.3. The standard InChI is InChI=1S/C18H36O3.C10H23N.C2H6O/c1-2-3-4-11-14-17(19)15-12-9-7-5-6-8-10-13-16-18(20)21;1-2-3-4-5-6-7-8-9-10-11;1-2-3/h17,19H,2-16H2,1H3,(H,20,21);2-11H2,1H3;3H,2H2,1H3. The molecule has 0 heterocycles. The van der Waals surface area contributed by atoms with Crippen molar-refractivity contribution in [2.75, 3.05) is 13.2 Å². The molecule has 0 saturated carbocycles. The second-order valence-corrected chi connectivity index (χ2v) is 9.84. The molecule has 214 valence electrons. The molecule has 0 spiro atoms. The molecule has 35 heavy (non-hydrogen) atoms. The third-order valence-electron chi connectivity index (χ3n) is 6.13. The molecule has 5 heteroatoms. The molecule has 0 aliphatic rings. The van der Waals surface area contributed by atoms with Crippen molar-refractivity contribution >= 4 is 5.97 Å². The van der Waals surface area contributed by atoms with E-state index < -0.39 is 5.97 Å². The molecule has 0 bridgehead atoms. The van der Waals surface area contributed by atoms with Gasteiger partial charge in [0.2, 0.25) is 0 Å². The van der Waals surface area contributed by atoms with Gasteiger partial charge in [-0.1, -0.05) is 129 Å². The van der Waals surface area contributed by atoms with E-state index in [1.165, 1.54) is 103 Å². The predicted molar refractivity (Wildman–Crippen MR) is 153 cm³/mol. The fourth-order valence-electron chi connectivity index (χ4n) is 3.95. The number of aliphatic carboxylic acids is 1. The largest absolute Gasteiger partial charge is 0.481 e. The Morgan fingerprint density at radius 1 is 0.600 bits per heavy atom. The molecule has 5 N–H and O–H groups in total. The van der Waals surface area contributed by atoms with E-state index in [1.54, 1.807) is 6.92 Å². The van der Waals surface area contributed by atoms with Crippen molar-refractivity contribution in [3.63, 3.8) is 0 Å². The summed E-state index contributed by atoms with van der Waals surface area (Å²) < 4.78 is 0. The van der Waals surface area contributed by atoms with E-state index in [0.717, 1.165) is 45.1 Å². The number of nitrogens with two attached hydrogens (primary N) is 1. The molecule has 0 aromatic heterocycles. The van der Waals surface area contributed by atoms with Gasteiger partial charge in [-0.05, 0) is 39.2 Å². The predicted octanol–water partition coefficient (Wildman–Crippen LogP) is 8.39. The highest BCUT2D eigenvalue weighted by atomic mass is 16.4. The van der Waals surface area contributed by atoms with Crippen LogP contribution in [-0.4, -0.2) is 40.5 Å². The van der Waals surface area contributed by atoms with Crippen LogP contribution in [-0.2, 0) is 4.79 Å². The van der Waals surface area contributed by atoms with Crippen molar-refractivity contribution in [3.05, 3.63) is 0 Å². The molecule has 0 rings (SSSR count). The zero-order valence-electron chi connectivity index (χ0n) is 24.1. The first-order valence-corrected chi connectivity index (χ1v) is 15.2. The highest BCUT2D eigenvalue weighted by Crippen LogP contribution is 2.14. The molecule has 5 nitrogen and oxygen atoms in total. The summed E-state index contributed by atoms with van der Waals surface area (Å²) in [6, 6.07) is 0. The number of aliphatic hydroxyl groups is 2. The minimum absolute atomic E-state index is 0.0853. The topological polar surface area (TPSA) is 104 Å². The number of carbonyl (C=O) groups is 1. The van der Waals surface area contributed by atoms with Crippen LogP contribution >= 0.6 is 0 Å². The van der Waals surface area contributed by atoms with Gasteiger partial charge in [-0.25, -0.2) is 0 Å². The number of carboxylic acids is 1. The summed E-state index contributed by atoms with van der Waals surface area (Å²) in [5.74, 6) is -0.678. The van der Waals surface area contributed by atoms with Crippen molar-refractivity contribution in [3.8, 4) is 0 Å². The molecule has 0 radical (unpaired) electrons. The van der Waals surface area contributed by atoms with E-state index in [2.05, 4.69) is 13.8 Å². The third-order valence-corrected chi connectivity index (χ3v) is 6.13. The van der Waals surface area contributed by atoms with Crippen LogP contribution in [0, 0.1) is 0 Å². The van der Waals surface area contributed by atoms with Crippen LogP contribution < -0.4 is 5.73 Å². The summed E-state index contributed by atoms with van der Waals surface area (Å²) in [5.41, 5.74) is 5.39.